The van der Waals surface area contributed by atoms with Crippen LogP contribution in [-0.4, -0.2) is 46.9 Å². The first-order chi connectivity index (χ1) is 15.4. The summed E-state index contributed by atoms with van der Waals surface area (Å²) in [5.41, 5.74) is 3.02. The van der Waals surface area contributed by atoms with Gasteiger partial charge < -0.3 is 15.5 Å². The number of benzene rings is 1. The van der Waals surface area contributed by atoms with Crippen LogP contribution in [0.1, 0.15) is 23.4 Å². The predicted octanol–water partition coefficient (Wildman–Crippen LogP) is 3.72. The molecule has 1 aliphatic rings. The minimum absolute atomic E-state index is 0. The Kier molecular flexibility index (Phi) is 8.22. The number of anilines is 1. The van der Waals surface area contributed by atoms with E-state index in [1.807, 2.05) is 42.9 Å². The van der Waals surface area contributed by atoms with Crippen molar-refractivity contribution in [3.8, 4) is 5.82 Å². The molecule has 0 bridgehead atoms. The van der Waals surface area contributed by atoms with Crippen molar-refractivity contribution in [2.24, 2.45) is 4.99 Å². The average Bonchev–Trinajstić information content (AvgIpc) is 3.37. The van der Waals surface area contributed by atoms with Gasteiger partial charge in [0.25, 0.3) is 0 Å². The number of halogens is 3. The molecule has 0 spiro atoms. The first-order valence-corrected chi connectivity index (χ1v) is 10.6. The third-order valence-electron chi connectivity index (χ3n) is 5.50. The molecule has 1 fully saturated rings. The third kappa shape index (κ3) is 5.79. The summed E-state index contributed by atoms with van der Waals surface area (Å²) in [5.74, 6) is 0.330. The van der Waals surface area contributed by atoms with Crippen LogP contribution in [-0.2, 0) is 6.54 Å². The van der Waals surface area contributed by atoms with Crippen molar-refractivity contribution in [1.82, 2.24) is 25.4 Å². The second-order valence-electron chi connectivity index (χ2n) is 7.94. The first kappa shape index (κ1) is 24.9. The Morgan fingerprint density at radius 2 is 1.94 bits per heavy atom. The van der Waals surface area contributed by atoms with Crippen LogP contribution in [0.4, 0.5) is 14.5 Å². The second kappa shape index (κ2) is 10.9. The van der Waals surface area contributed by atoms with E-state index in [0.717, 1.165) is 29.2 Å². The SMILES string of the molecule is CN=C(NCc1ccc(-n2nc(C)cc2C)nc1)NC1CCN(c2c(F)cccc2F)C1.I. The summed E-state index contributed by atoms with van der Waals surface area (Å²) in [4.78, 5) is 10.5. The van der Waals surface area contributed by atoms with Crippen LogP contribution in [0, 0.1) is 25.5 Å². The van der Waals surface area contributed by atoms with Gasteiger partial charge in [-0.25, -0.2) is 18.4 Å². The lowest BCUT2D eigenvalue weighted by molar-refractivity contribution is 0.576. The molecular formula is C23H28F2IN7. The molecule has 2 N–H and O–H groups in total. The number of para-hydroxylation sites is 1. The van der Waals surface area contributed by atoms with Crippen molar-refractivity contribution in [2.45, 2.75) is 32.9 Å². The van der Waals surface area contributed by atoms with Crippen molar-refractivity contribution >= 4 is 35.6 Å². The zero-order chi connectivity index (χ0) is 22.7. The fourth-order valence-electron chi connectivity index (χ4n) is 3.95. The quantitative estimate of drug-likeness (QED) is 0.280. The lowest BCUT2D eigenvalue weighted by atomic mass is 10.2. The molecule has 176 valence electrons. The molecular weight excluding hydrogens is 539 g/mol. The normalized spacial score (nSPS) is 16.0. The smallest absolute Gasteiger partial charge is 0.191 e. The van der Waals surface area contributed by atoms with Gasteiger partial charge >= 0.3 is 0 Å². The van der Waals surface area contributed by atoms with Crippen LogP contribution in [0.15, 0.2) is 47.6 Å². The Morgan fingerprint density at radius 3 is 2.55 bits per heavy atom. The van der Waals surface area contributed by atoms with E-state index < -0.39 is 11.6 Å². The molecule has 3 heterocycles. The van der Waals surface area contributed by atoms with E-state index in [1.54, 1.807) is 11.9 Å². The number of pyridine rings is 1. The van der Waals surface area contributed by atoms with Crippen LogP contribution in [0.3, 0.4) is 0 Å². The van der Waals surface area contributed by atoms with Gasteiger partial charge in [0.1, 0.15) is 17.3 Å². The highest BCUT2D eigenvalue weighted by molar-refractivity contribution is 14.0. The minimum atomic E-state index is -0.537. The summed E-state index contributed by atoms with van der Waals surface area (Å²) in [7, 11) is 1.70. The molecule has 33 heavy (non-hydrogen) atoms. The van der Waals surface area contributed by atoms with Gasteiger partial charge in [0.15, 0.2) is 11.8 Å². The molecule has 0 aliphatic carbocycles. The van der Waals surface area contributed by atoms with Crippen molar-refractivity contribution < 1.29 is 8.78 Å². The maximum absolute atomic E-state index is 14.1. The molecule has 1 aliphatic heterocycles. The highest BCUT2D eigenvalue weighted by atomic mass is 127. The van der Waals surface area contributed by atoms with Gasteiger partial charge in [-0.15, -0.1) is 24.0 Å². The largest absolute Gasteiger partial charge is 0.365 e. The van der Waals surface area contributed by atoms with Gasteiger partial charge in [0.05, 0.1) is 5.69 Å². The summed E-state index contributed by atoms with van der Waals surface area (Å²) >= 11 is 0. The molecule has 2 aromatic heterocycles. The van der Waals surface area contributed by atoms with Crippen molar-refractivity contribution in [3.05, 3.63) is 71.2 Å². The molecule has 0 saturated carbocycles. The Labute approximate surface area is 209 Å². The maximum atomic E-state index is 14.1. The number of rotatable bonds is 5. The van der Waals surface area contributed by atoms with E-state index in [2.05, 4.69) is 25.7 Å². The van der Waals surface area contributed by atoms with Crippen LogP contribution < -0.4 is 15.5 Å². The minimum Gasteiger partial charge on any atom is -0.365 e. The Bertz CT molecular complexity index is 1090. The maximum Gasteiger partial charge on any atom is 0.191 e. The molecule has 3 aromatic rings. The third-order valence-corrected chi connectivity index (χ3v) is 5.50. The van der Waals surface area contributed by atoms with Crippen LogP contribution in [0.5, 0.6) is 0 Å². The molecule has 4 rings (SSSR count). The lowest BCUT2D eigenvalue weighted by Crippen LogP contribution is -2.44. The van der Waals surface area contributed by atoms with E-state index in [0.29, 0.717) is 25.6 Å². The monoisotopic (exact) mass is 567 g/mol. The number of aliphatic imine (C=N–C) groups is 1. The number of aromatic nitrogens is 3. The Balaban J connectivity index is 0.00000306. The Hall–Kier alpha value is -2.76. The van der Waals surface area contributed by atoms with E-state index in [1.165, 1.54) is 18.2 Å². The second-order valence-corrected chi connectivity index (χ2v) is 7.94. The summed E-state index contributed by atoms with van der Waals surface area (Å²) in [6, 6.07) is 9.93. The number of hydrogen-bond donors (Lipinski definition) is 2. The van der Waals surface area contributed by atoms with Crippen molar-refractivity contribution in [1.29, 1.82) is 0 Å². The number of guanidine groups is 1. The van der Waals surface area contributed by atoms with E-state index in [-0.39, 0.29) is 35.7 Å². The van der Waals surface area contributed by atoms with Gasteiger partial charge in [-0.3, -0.25) is 4.99 Å². The molecule has 0 amide bonds. The average molecular weight is 567 g/mol. The standard InChI is InChI=1S/C23H27F2N7.HI/c1-15-11-16(2)32(30-15)21-8-7-17(12-27-21)13-28-23(26-3)29-18-9-10-31(14-18)22-19(24)5-4-6-20(22)25;/h4-8,11-12,18H,9-10,13-14H2,1-3H3,(H2,26,28,29);1H. The summed E-state index contributed by atoms with van der Waals surface area (Å²) in [6.07, 6.45) is 2.57. The van der Waals surface area contributed by atoms with Gasteiger partial charge in [-0.2, -0.15) is 5.10 Å². The molecule has 1 atom stereocenters. The highest BCUT2D eigenvalue weighted by Crippen LogP contribution is 2.26. The fraction of sp³-hybridized carbons (Fsp3) is 0.348. The number of hydrogen-bond acceptors (Lipinski definition) is 4. The molecule has 0 radical (unpaired) electrons. The van der Waals surface area contributed by atoms with Crippen LogP contribution in [0.25, 0.3) is 5.82 Å². The summed E-state index contributed by atoms with van der Waals surface area (Å²) in [5, 5.41) is 11.1. The highest BCUT2D eigenvalue weighted by Gasteiger charge is 2.27. The van der Waals surface area contributed by atoms with E-state index >= 15 is 0 Å². The molecule has 1 saturated heterocycles. The first-order valence-electron chi connectivity index (χ1n) is 10.6. The summed E-state index contributed by atoms with van der Waals surface area (Å²) in [6.45, 7) is 5.57. The Morgan fingerprint density at radius 1 is 1.18 bits per heavy atom. The number of nitrogens with zero attached hydrogens (tertiary/aromatic N) is 5. The van der Waals surface area contributed by atoms with Gasteiger partial charge in [0, 0.05) is 44.6 Å². The predicted molar refractivity (Wildman–Crippen MR) is 137 cm³/mol. The zero-order valence-electron chi connectivity index (χ0n) is 18.8. The zero-order valence-corrected chi connectivity index (χ0v) is 21.2. The summed E-state index contributed by atoms with van der Waals surface area (Å²) < 4.78 is 30.0. The molecule has 1 unspecified atom stereocenters. The van der Waals surface area contributed by atoms with Crippen LogP contribution in [0.2, 0.25) is 0 Å². The molecule has 7 nitrogen and oxygen atoms in total. The molecule has 10 heteroatoms. The number of nitrogens with one attached hydrogen (secondary N) is 2. The van der Waals surface area contributed by atoms with Gasteiger partial charge in [-0.1, -0.05) is 12.1 Å². The fourth-order valence-corrected chi connectivity index (χ4v) is 3.95. The topological polar surface area (TPSA) is 70.4 Å². The van der Waals surface area contributed by atoms with Crippen molar-refractivity contribution in [2.75, 3.05) is 25.0 Å². The van der Waals surface area contributed by atoms with E-state index in [9.17, 15) is 8.78 Å². The lowest BCUT2D eigenvalue weighted by Gasteiger charge is -2.21. The van der Waals surface area contributed by atoms with Gasteiger partial charge in [0.2, 0.25) is 0 Å². The van der Waals surface area contributed by atoms with Gasteiger partial charge in [-0.05, 0) is 50.1 Å². The van der Waals surface area contributed by atoms with Crippen LogP contribution >= 0.6 is 24.0 Å². The number of aryl methyl sites for hydroxylation is 2. The molecule has 1 aromatic carbocycles. The van der Waals surface area contributed by atoms with Crippen molar-refractivity contribution in [3.63, 3.8) is 0 Å². The van der Waals surface area contributed by atoms with E-state index in [4.69, 9.17) is 0 Å².